The van der Waals surface area contributed by atoms with Crippen LogP contribution in [0.15, 0.2) is 12.3 Å². The van der Waals surface area contributed by atoms with Crippen LogP contribution in [0.25, 0.3) is 0 Å². The summed E-state index contributed by atoms with van der Waals surface area (Å²) in [4.78, 5) is 10.1. The lowest BCUT2D eigenvalue weighted by molar-refractivity contribution is -0.111. The number of aliphatic hydroxyl groups is 1. The largest absolute Gasteiger partial charge is 0.492 e. The number of allylic oxidation sites excluding steroid dienone is 1. The lowest BCUT2D eigenvalue weighted by Crippen LogP contribution is -2.45. The Labute approximate surface area is 84.8 Å². The van der Waals surface area contributed by atoms with Gasteiger partial charge in [-0.1, -0.05) is 13.3 Å². The molecule has 2 atom stereocenters. The third-order valence-electron chi connectivity index (χ3n) is 2.99. The molecule has 0 aromatic rings. The molecule has 80 valence electrons. The first-order valence-corrected chi connectivity index (χ1v) is 5.21. The monoisotopic (exact) mass is 198 g/mol. The van der Waals surface area contributed by atoms with E-state index in [1.54, 1.807) is 0 Å². The van der Waals surface area contributed by atoms with Gasteiger partial charge in [0.05, 0.1) is 12.4 Å². The first kappa shape index (κ1) is 11.2. The Morgan fingerprint density at radius 1 is 1.57 bits per heavy atom. The summed E-state index contributed by atoms with van der Waals surface area (Å²) in [7, 11) is 0. The van der Waals surface area contributed by atoms with Crippen LogP contribution < -0.4 is 0 Å². The second-order valence-electron chi connectivity index (χ2n) is 3.76. The molecule has 0 aromatic heterocycles. The predicted molar refractivity (Wildman–Crippen MR) is 53.8 cm³/mol. The molecular weight excluding hydrogens is 180 g/mol. The second-order valence-corrected chi connectivity index (χ2v) is 3.76. The van der Waals surface area contributed by atoms with Crippen molar-refractivity contribution in [1.82, 2.24) is 0 Å². The lowest BCUT2D eigenvalue weighted by atomic mass is 9.80. The van der Waals surface area contributed by atoms with Gasteiger partial charge in [-0.25, -0.2) is 0 Å². The van der Waals surface area contributed by atoms with E-state index in [0.717, 1.165) is 32.1 Å². The van der Waals surface area contributed by atoms with Crippen LogP contribution in [0.5, 0.6) is 0 Å². The quantitative estimate of drug-likeness (QED) is 0.425. The maximum Gasteiger partial charge on any atom is 0.145 e. The van der Waals surface area contributed by atoms with Crippen LogP contribution in [-0.2, 0) is 9.53 Å². The van der Waals surface area contributed by atoms with Crippen molar-refractivity contribution in [1.29, 1.82) is 0 Å². The molecule has 1 fully saturated rings. The van der Waals surface area contributed by atoms with Gasteiger partial charge < -0.3 is 9.84 Å². The maximum absolute atomic E-state index is 10.1. The zero-order chi connectivity index (χ0) is 10.4. The van der Waals surface area contributed by atoms with Crippen LogP contribution >= 0.6 is 0 Å². The molecule has 14 heavy (non-hydrogen) atoms. The van der Waals surface area contributed by atoms with E-state index < -0.39 is 11.7 Å². The molecule has 3 heteroatoms. The van der Waals surface area contributed by atoms with Crippen molar-refractivity contribution < 1.29 is 14.6 Å². The van der Waals surface area contributed by atoms with E-state index in [0.29, 0.717) is 6.29 Å². The fraction of sp³-hybridized carbons (Fsp3) is 0.727. The van der Waals surface area contributed by atoms with Gasteiger partial charge in [-0.15, -0.1) is 0 Å². The molecule has 0 amide bonds. The van der Waals surface area contributed by atoms with Crippen molar-refractivity contribution in [2.75, 3.05) is 0 Å². The summed E-state index contributed by atoms with van der Waals surface area (Å²) in [6, 6.07) is 0. The highest BCUT2D eigenvalue weighted by atomic mass is 16.5. The highest BCUT2D eigenvalue weighted by molar-refractivity contribution is 5.64. The fourth-order valence-electron chi connectivity index (χ4n) is 2.03. The zero-order valence-corrected chi connectivity index (χ0v) is 8.61. The standard InChI is InChI=1S/C11H18O3/c1-2-11(14-9-5-8-12)7-4-3-6-10(11)13/h5,8-10,13H,2-4,6-7H2,1H3/b9-5-/t10?,11-/m0/s1. The molecule has 1 saturated carbocycles. The lowest BCUT2D eigenvalue weighted by Gasteiger charge is -2.39. The number of aldehydes is 1. The van der Waals surface area contributed by atoms with E-state index in [9.17, 15) is 9.90 Å². The van der Waals surface area contributed by atoms with Crippen LogP contribution in [0.1, 0.15) is 39.0 Å². The number of ether oxygens (including phenoxy) is 1. The summed E-state index contributed by atoms with van der Waals surface area (Å²) in [5, 5.41) is 9.87. The molecule has 0 aliphatic heterocycles. The van der Waals surface area contributed by atoms with E-state index in [-0.39, 0.29) is 0 Å². The van der Waals surface area contributed by atoms with E-state index in [1.807, 2.05) is 6.92 Å². The van der Waals surface area contributed by atoms with Gasteiger partial charge in [0.25, 0.3) is 0 Å². The first-order chi connectivity index (χ1) is 6.75. The molecule has 1 unspecified atom stereocenters. The SMILES string of the molecule is CC[C@]1(O/C=C\C=O)CCCCC1O. The average molecular weight is 198 g/mol. The first-order valence-electron chi connectivity index (χ1n) is 5.21. The van der Waals surface area contributed by atoms with Crippen LogP contribution in [0, 0.1) is 0 Å². The fourth-order valence-corrected chi connectivity index (χ4v) is 2.03. The Morgan fingerprint density at radius 3 is 2.93 bits per heavy atom. The van der Waals surface area contributed by atoms with Gasteiger partial charge in [0.1, 0.15) is 11.9 Å². The third kappa shape index (κ3) is 2.35. The van der Waals surface area contributed by atoms with Crippen molar-refractivity contribution in [3.05, 3.63) is 12.3 Å². The van der Waals surface area contributed by atoms with Crippen LogP contribution in [0.2, 0.25) is 0 Å². The molecule has 0 aromatic carbocycles. The Hall–Kier alpha value is -0.830. The molecule has 1 rings (SSSR count). The molecule has 0 radical (unpaired) electrons. The van der Waals surface area contributed by atoms with Crippen molar-refractivity contribution >= 4 is 6.29 Å². The van der Waals surface area contributed by atoms with E-state index in [2.05, 4.69) is 0 Å². The molecule has 1 aliphatic rings. The summed E-state index contributed by atoms with van der Waals surface area (Å²) in [5.41, 5.74) is -0.461. The van der Waals surface area contributed by atoms with Crippen molar-refractivity contribution in [2.24, 2.45) is 0 Å². The van der Waals surface area contributed by atoms with Crippen LogP contribution in [0.4, 0.5) is 0 Å². The zero-order valence-electron chi connectivity index (χ0n) is 8.61. The van der Waals surface area contributed by atoms with E-state index >= 15 is 0 Å². The minimum absolute atomic E-state index is 0.405. The molecule has 0 spiro atoms. The summed E-state index contributed by atoms with van der Waals surface area (Å²) in [6.45, 7) is 2.00. The highest BCUT2D eigenvalue weighted by Crippen LogP contribution is 2.34. The normalized spacial score (nSPS) is 33.1. The molecule has 1 aliphatic carbocycles. The number of hydrogen-bond donors (Lipinski definition) is 1. The van der Waals surface area contributed by atoms with E-state index in [4.69, 9.17) is 4.74 Å². The average Bonchev–Trinajstić information content (AvgIpc) is 2.21. The van der Waals surface area contributed by atoms with Gasteiger partial charge in [-0.2, -0.15) is 0 Å². The molecular formula is C11H18O3. The Morgan fingerprint density at radius 2 is 2.36 bits per heavy atom. The Balaban J connectivity index is 2.62. The predicted octanol–water partition coefficient (Wildman–Crippen LogP) is 1.80. The number of aliphatic hydroxyl groups excluding tert-OH is 1. The molecule has 1 N–H and O–H groups in total. The molecule has 0 heterocycles. The highest BCUT2D eigenvalue weighted by Gasteiger charge is 2.39. The molecule has 0 saturated heterocycles. The number of carbonyl (C=O) groups excluding carboxylic acids is 1. The minimum atomic E-state index is -0.461. The van der Waals surface area contributed by atoms with Gasteiger partial charge in [0.15, 0.2) is 0 Å². The van der Waals surface area contributed by atoms with Crippen LogP contribution in [0.3, 0.4) is 0 Å². The molecule has 0 bridgehead atoms. The van der Waals surface area contributed by atoms with Crippen molar-refractivity contribution in [2.45, 2.75) is 50.7 Å². The summed E-state index contributed by atoms with van der Waals surface area (Å²) in [5.74, 6) is 0. The third-order valence-corrected chi connectivity index (χ3v) is 2.99. The number of hydrogen-bond acceptors (Lipinski definition) is 3. The van der Waals surface area contributed by atoms with E-state index in [1.165, 1.54) is 12.3 Å². The van der Waals surface area contributed by atoms with Gasteiger partial charge in [0.2, 0.25) is 0 Å². The summed E-state index contributed by atoms with van der Waals surface area (Å²) in [6.07, 6.45) is 7.57. The minimum Gasteiger partial charge on any atom is -0.492 e. The van der Waals surface area contributed by atoms with Gasteiger partial charge in [0, 0.05) is 6.08 Å². The summed E-state index contributed by atoms with van der Waals surface area (Å²) >= 11 is 0. The maximum atomic E-state index is 10.1. The molecule has 3 nitrogen and oxygen atoms in total. The Bertz CT molecular complexity index is 213. The Kier molecular flexibility index (Phi) is 4.14. The smallest absolute Gasteiger partial charge is 0.145 e. The van der Waals surface area contributed by atoms with Crippen molar-refractivity contribution in [3.8, 4) is 0 Å². The van der Waals surface area contributed by atoms with Gasteiger partial charge in [-0.3, -0.25) is 4.79 Å². The van der Waals surface area contributed by atoms with Gasteiger partial charge in [-0.05, 0) is 25.7 Å². The summed E-state index contributed by atoms with van der Waals surface area (Å²) < 4.78 is 5.51. The second kappa shape index (κ2) is 5.15. The number of carbonyl (C=O) groups is 1. The van der Waals surface area contributed by atoms with Crippen LogP contribution in [-0.4, -0.2) is 23.1 Å². The number of rotatable bonds is 4. The van der Waals surface area contributed by atoms with Crippen molar-refractivity contribution in [3.63, 3.8) is 0 Å². The van der Waals surface area contributed by atoms with Gasteiger partial charge >= 0.3 is 0 Å². The topological polar surface area (TPSA) is 46.5 Å².